The van der Waals surface area contributed by atoms with Crippen molar-refractivity contribution in [3.05, 3.63) is 41.5 Å². The summed E-state index contributed by atoms with van der Waals surface area (Å²) in [6, 6.07) is 9.59. The van der Waals surface area contributed by atoms with Crippen molar-refractivity contribution in [1.29, 1.82) is 0 Å². The van der Waals surface area contributed by atoms with Crippen LogP contribution in [0.3, 0.4) is 0 Å². The molecule has 1 saturated heterocycles. The molecule has 19 heavy (non-hydrogen) atoms. The molecule has 0 bridgehead atoms. The van der Waals surface area contributed by atoms with Gasteiger partial charge in [0.1, 0.15) is 0 Å². The van der Waals surface area contributed by atoms with Crippen LogP contribution < -0.4 is 0 Å². The van der Waals surface area contributed by atoms with Crippen LogP contribution in [0.1, 0.15) is 24.5 Å². The van der Waals surface area contributed by atoms with E-state index in [-0.39, 0.29) is 0 Å². The van der Waals surface area contributed by atoms with Crippen LogP contribution in [-0.4, -0.2) is 49.6 Å². The average molecular weight is 258 g/mol. The van der Waals surface area contributed by atoms with Gasteiger partial charge in [-0.15, -0.1) is 0 Å². The SMILES string of the molecule is CCc1ccc(/C=C/CN2CCC(N(C)C)C2)cc1. The topological polar surface area (TPSA) is 6.48 Å². The molecule has 2 rings (SSSR count). The number of hydrogen-bond acceptors (Lipinski definition) is 2. The zero-order chi connectivity index (χ0) is 13.7. The molecule has 104 valence electrons. The molecule has 1 aliphatic rings. The van der Waals surface area contributed by atoms with Crippen molar-refractivity contribution < 1.29 is 0 Å². The fourth-order valence-electron chi connectivity index (χ4n) is 2.60. The van der Waals surface area contributed by atoms with Crippen molar-refractivity contribution in [3.8, 4) is 0 Å². The number of rotatable bonds is 5. The highest BCUT2D eigenvalue weighted by atomic mass is 15.2. The second-order valence-electron chi connectivity index (χ2n) is 5.66. The van der Waals surface area contributed by atoms with Crippen LogP contribution in [0.15, 0.2) is 30.3 Å². The lowest BCUT2D eigenvalue weighted by atomic mass is 10.1. The summed E-state index contributed by atoms with van der Waals surface area (Å²) in [6.07, 6.45) is 6.94. The van der Waals surface area contributed by atoms with Gasteiger partial charge in [-0.05, 0) is 38.1 Å². The molecule has 0 N–H and O–H groups in total. The summed E-state index contributed by atoms with van der Waals surface area (Å²) in [5.74, 6) is 0. The summed E-state index contributed by atoms with van der Waals surface area (Å²) >= 11 is 0. The summed E-state index contributed by atoms with van der Waals surface area (Å²) in [7, 11) is 4.36. The quantitative estimate of drug-likeness (QED) is 0.801. The van der Waals surface area contributed by atoms with Gasteiger partial charge in [-0.2, -0.15) is 0 Å². The van der Waals surface area contributed by atoms with Gasteiger partial charge in [-0.3, -0.25) is 4.90 Å². The van der Waals surface area contributed by atoms with Crippen LogP contribution in [0.5, 0.6) is 0 Å². The van der Waals surface area contributed by atoms with E-state index in [9.17, 15) is 0 Å². The van der Waals surface area contributed by atoms with Gasteiger partial charge in [0.15, 0.2) is 0 Å². The van der Waals surface area contributed by atoms with E-state index >= 15 is 0 Å². The highest BCUT2D eigenvalue weighted by Gasteiger charge is 2.22. The Morgan fingerprint density at radius 2 is 2.00 bits per heavy atom. The van der Waals surface area contributed by atoms with E-state index in [0.717, 1.165) is 19.0 Å². The molecule has 0 saturated carbocycles. The van der Waals surface area contributed by atoms with Gasteiger partial charge >= 0.3 is 0 Å². The third-order valence-corrected chi connectivity index (χ3v) is 4.04. The molecule has 1 atom stereocenters. The van der Waals surface area contributed by atoms with Crippen LogP contribution in [0.4, 0.5) is 0 Å². The standard InChI is InChI=1S/C17H26N2/c1-4-15-7-9-16(10-8-15)6-5-12-19-13-11-17(14-19)18(2)3/h5-10,17H,4,11-14H2,1-3H3/b6-5+. The summed E-state index contributed by atoms with van der Waals surface area (Å²) < 4.78 is 0. The molecule has 1 fully saturated rings. The highest BCUT2D eigenvalue weighted by Crippen LogP contribution is 2.13. The second-order valence-corrected chi connectivity index (χ2v) is 5.66. The molecule has 0 aliphatic carbocycles. The molecule has 1 unspecified atom stereocenters. The normalized spacial score (nSPS) is 20.7. The van der Waals surface area contributed by atoms with Gasteiger partial charge in [0.05, 0.1) is 0 Å². The predicted molar refractivity (Wildman–Crippen MR) is 83.4 cm³/mol. The number of benzene rings is 1. The van der Waals surface area contributed by atoms with E-state index in [0.29, 0.717) is 0 Å². The minimum absolute atomic E-state index is 0.734. The number of likely N-dealkylation sites (N-methyl/N-ethyl adjacent to an activating group) is 1. The van der Waals surface area contributed by atoms with Gasteiger partial charge in [-0.1, -0.05) is 43.3 Å². The Morgan fingerprint density at radius 1 is 1.26 bits per heavy atom. The van der Waals surface area contributed by atoms with Crippen molar-refractivity contribution in [1.82, 2.24) is 9.80 Å². The first-order valence-electron chi connectivity index (χ1n) is 7.33. The van der Waals surface area contributed by atoms with Gasteiger partial charge in [-0.25, -0.2) is 0 Å². The third-order valence-electron chi connectivity index (χ3n) is 4.04. The van der Waals surface area contributed by atoms with E-state index in [1.165, 1.54) is 30.6 Å². The summed E-state index contributed by atoms with van der Waals surface area (Å²) in [5, 5.41) is 0. The van der Waals surface area contributed by atoms with Crippen LogP contribution in [-0.2, 0) is 6.42 Å². The number of nitrogens with zero attached hydrogens (tertiary/aromatic N) is 2. The van der Waals surface area contributed by atoms with Crippen LogP contribution in [0, 0.1) is 0 Å². The summed E-state index contributed by atoms with van der Waals surface area (Å²) in [5.41, 5.74) is 2.71. The minimum atomic E-state index is 0.734. The molecule has 0 radical (unpaired) electrons. The highest BCUT2D eigenvalue weighted by molar-refractivity contribution is 5.49. The van der Waals surface area contributed by atoms with Crippen LogP contribution in [0.25, 0.3) is 6.08 Å². The first kappa shape index (κ1) is 14.3. The zero-order valence-corrected chi connectivity index (χ0v) is 12.5. The van der Waals surface area contributed by atoms with Gasteiger partial charge < -0.3 is 4.90 Å². The molecule has 1 heterocycles. The molecular formula is C17H26N2. The maximum atomic E-state index is 2.53. The second kappa shape index (κ2) is 6.88. The molecular weight excluding hydrogens is 232 g/mol. The molecule has 1 aromatic rings. The van der Waals surface area contributed by atoms with E-state index in [4.69, 9.17) is 0 Å². The molecule has 2 nitrogen and oxygen atoms in total. The van der Waals surface area contributed by atoms with Crippen LogP contribution >= 0.6 is 0 Å². The Morgan fingerprint density at radius 3 is 2.58 bits per heavy atom. The Hall–Kier alpha value is -1.12. The van der Waals surface area contributed by atoms with Gasteiger partial charge in [0, 0.05) is 25.7 Å². The predicted octanol–water partition coefficient (Wildman–Crippen LogP) is 2.90. The van der Waals surface area contributed by atoms with Crippen molar-refractivity contribution >= 4 is 6.08 Å². The molecule has 2 heteroatoms. The number of aryl methyl sites for hydroxylation is 1. The number of likely N-dealkylation sites (tertiary alicyclic amines) is 1. The van der Waals surface area contributed by atoms with Crippen molar-refractivity contribution in [3.63, 3.8) is 0 Å². The van der Waals surface area contributed by atoms with Gasteiger partial charge in [0.2, 0.25) is 0 Å². The average Bonchev–Trinajstić information content (AvgIpc) is 2.89. The van der Waals surface area contributed by atoms with E-state index in [1.807, 2.05) is 0 Å². The Balaban J connectivity index is 1.80. The fraction of sp³-hybridized carbons (Fsp3) is 0.529. The lowest BCUT2D eigenvalue weighted by molar-refractivity contribution is 0.280. The minimum Gasteiger partial charge on any atom is -0.305 e. The zero-order valence-electron chi connectivity index (χ0n) is 12.5. The fourth-order valence-corrected chi connectivity index (χ4v) is 2.60. The van der Waals surface area contributed by atoms with Crippen molar-refractivity contribution in [2.24, 2.45) is 0 Å². The lowest BCUT2D eigenvalue weighted by Crippen LogP contribution is -2.31. The van der Waals surface area contributed by atoms with E-state index in [1.54, 1.807) is 0 Å². The molecule has 1 aromatic carbocycles. The molecule has 0 spiro atoms. The smallest absolute Gasteiger partial charge is 0.0229 e. The van der Waals surface area contributed by atoms with E-state index in [2.05, 4.69) is 67.2 Å². The molecule has 0 aromatic heterocycles. The van der Waals surface area contributed by atoms with Crippen LogP contribution in [0.2, 0.25) is 0 Å². The Bertz CT molecular complexity index is 406. The van der Waals surface area contributed by atoms with Crippen molar-refractivity contribution in [2.45, 2.75) is 25.8 Å². The van der Waals surface area contributed by atoms with Gasteiger partial charge in [0.25, 0.3) is 0 Å². The molecule has 0 amide bonds. The largest absolute Gasteiger partial charge is 0.305 e. The third kappa shape index (κ3) is 4.19. The lowest BCUT2D eigenvalue weighted by Gasteiger charge is -2.19. The summed E-state index contributed by atoms with van der Waals surface area (Å²) in [6.45, 7) is 5.69. The first-order valence-corrected chi connectivity index (χ1v) is 7.33. The van der Waals surface area contributed by atoms with E-state index < -0.39 is 0 Å². The Labute approximate surface area is 117 Å². The first-order chi connectivity index (χ1) is 9.19. The van der Waals surface area contributed by atoms with Crippen molar-refractivity contribution in [2.75, 3.05) is 33.7 Å². The Kier molecular flexibility index (Phi) is 5.17. The molecule has 1 aliphatic heterocycles. The monoisotopic (exact) mass is 258 g/mol. The maximum absolute atomic E-state index is 2.53. The number of hydrogen-bond donors (Lipinski definition) is 0. The summed E-state index contributed by atoms with van der Waals surface area (Å²) in [4.78, 5) is 4.87. The maximum Gasteiger partial charge on any atom is 0.0229 e.